The minimum atomic E-state index is -0.544. The number of hydrogen-bond donors (Lipinski definition) is 1. The van der Waals surface area contributed by atoms with Crippen molar-refractivity contribution in [2.24, 2.45) is 0 Å². The molecule has 1 unspecified atom stereocenters. The van der Waals surface area contributed by atoms with E-state index in [9.17, 15) is 9.59 Å². The molecule has 4 rings (SSSR count). The number of nitrogens with one attached hydrogen (secondary N) is 1. The summed E-state index contributed by atoms with van der Waals surface area (Å²) in [6.07, 6.45) is 2.40. The van der Waals surface area contributed by atoms with E-state index in [1.165, 1.54) is 0 Å². The molecule has 2 aliphatic rings. The first-order valence-corrected chi connectivity index (χ1v) is 10.7. The van der Waals surface area contributed by atoms with Gasteiger partial charge in [-0.25, -0.2) is 4.79 Å². The summed E-state index contributed by atoms with van der Waals surface area (Å²) in [6.45, 7) is 5.64. The van der Waals surface area contributed by atoms with Crippen LogP contribution in [-0.2, 0) is 9.53 Å². The molecule has 1 N–H and O–H groups in total. The van der Waals surface area contributed by atoms with Gasteiger partial charge in [0.15, 0.2) is 0 Å². The molecule has 2 aliphatic heterocycles. The van der Waals surface area contributed by atoms with Crippen molar-refractivity contribution in [3.05, 3.63) is 84.1 Å². The zero-order valence-electron chi connectivity index (χ0n) is 18.1. The minimum Gasteiger partial charge on any atom is -0.457 e. The lowest BCUT2D eigenvalue weighted by atomic mass is 9.95. The number of urea groups is 1. The Morgan fingerprint density at radius 3 is 2.66 bits per heavy atom. The summed E-state index contributed by atoms with van der Waals surface area (Å²) in [6, 6.07) is 16.2. The minimum absolute atomic E-state index is 0.0652. The van der Waals surface area contributed by atoms with Crippen molar-refractivity contribution in [2.75, 3.05) is 33.4 Å². The Labute approximate surface area is 187 Å². The molecular formula is C25H27N3O4. The fraction of sp³-hybridized carbons (Fsp3) is 0.280. The molecule has 0 spiro atoms. The van der Waals surface area contributed by atoms with E-state index in [1.54, 1.807) is 23.0 Å². The maximum absolute atomic E-state index is 13.3. The van der Waals surface area contributed by atoms with Crippen LogP contribution in [0.25, 0.3) is 0 Å². The number of benzene rings is 2. The van der Waals surface area contributed by atoms with Gasteiger partial charge in [-0.05, 0) is 36.2 Å². The van der Waals surface area contributed by atoms with Crippen molar-refractivity contribution in [2.45, 2.75) is 12.5 Å². The largest absolute Gasteiger partial charge is 0.457 e. The second-order valence-corrected chi connectivity index (χ2v) is 7.70. The number of amides is 3. The van der Waals surface area contributed by atoms with Gasteiger partial charge in [0.2, 0.25) is 0 Å². The third-order valence-corrected chi connectivity index (χ3v) is 5.56. The average molecular weight is 434 g/mol. The van der Waals surface area contributed by atoms with Gasteiger partial charge in [0, 0.05) is 26.8 Å². The van der Waals surface area contributed by atoms with Crippen LogP contribution in [0.1, 0.15) is 18.0 Å². The molecule has 0 saturated carbocycles. The zero-order chi connectivity index (χ0) is 22.5. The van der Waals surface area contributed by atoms with E-state index in [2.05, 4.69) is 11.9 Å². The molecule has 0 aliphatic carbocycles. The molecule has 7 nitrogen and oxygen atoms in total. The predicted molar refractivity (Wildman–Crippen MR) is 121 cm³/mol. The molecule has 32 heavy (non-hydrogen) atoms. The fourth-order valence-electron chi connectivity index (χ4n) is 4.08. The SMILES string of the molecule is C=CCN1C(=O)NC(c2cccc(Oc3ccccc3)c2)C2=C1CN(CCCOC)C2=O. The third kappa shape index (κ3) is 4.38. The van der Waals surface area contributed by atoms with Crippen LogP contribution >= 0.6 is 0 Å². The molecule has 0 aromatic heterocycles. The van der Waals surface area contributed by atoms with Gasteiger partial charge in [-0.2, -0.15) is 0 Å². The first-order valence-electron chi connectivity index (χ1n) is 10.7. The number of carbonyl (C=O) groups is 2. The Bertz CT molecular complexity index is 1030. The highest BCUT2D eigenvalue weighted by Crippen LogP contribution is 2.37. The van der Waals surface area contributed by atoms with E-state index in [-0.39, 0.29) is 11.9 Å². The lowest BCUT2D eigenvalue weighted by Gasteiger charge is -2.33. The van der Waals surface area contributed by atoms with E-state index in [1.807, 2.05) is 54.6 Å². The van der Waals surface area contributed by atoms with Gasteiger partial charge >= 0.3 is 6.03 Å². The summed E-state index contributed by atoms with van der Waals surface area (Å²) < 4.78 is 11.1. The number of carbonyl (C=O) groups excluding carboxylic acids is 2. The van der Waals surface area contributed by atoms with Crippen LogP contribution in [0.4, 0.5) is 4.79 Å². The van der Waals surface area contributed by atoms with Crippen molar-refractivity contribution >= 4 is 11.9 Å². The number of nitrogens with zero attached hydrogens (tertiary/aromatic N) is 2. The van der Waals surface area contributed by atoms with Crippen LogP contribution in [-0.4, -0.2) is 55.1 Å². The number of ether oxygens (including phenoxy) is 2. The van der Waals surface area contributed by atoms with Crippen LogP contribution in [0, 0.1) is 0 Å². The number of hydrogen-bond acceptors (Lipinski definition) is 4. The highest BCUT2D eigenvalue weighted by Gasteiger charge is 2.43. The molecule has 2 aromatic rings. The molecule has 2 aromatic carbocycles. The lowest BCUT2D eigenvalue weighted by Crippen LogP contribution is -2.47. The number of para-hydroxylation sites is 1. The normalized spacial score (nSPS) is 18.0. The summed E-state index contributed by atoms with van der Waals surface area (Å²) >= 11 is 0. The Morgan fingerprint density at radius 1 is 1.12 bits per heavy atom. The van der Waals surface area contributed by atoms with Crippen molar-refractivity contribution in [3.63, 3.8) is 0 Å². The number of rotatable bonds is 9. The van der Waals surface area contributed by atoms with Crippen molar-refractivity contribution in [1.29, 1.82) is 0 Å². The van der Waals surface area contributed by atoms with Gasteiger partial charge in [0.05, 0.1) is 23.9 Å². The van der Waals surface area contributed by atoms with Gasteiger partial charge in [-0.1, -0.05) is 36.4 Å². The number of methoxy groups -OCH3 is 1. The lowest BCUT2D eigenvalue weighted by molar-refractivity contribution is -0.125. The highest BCUT2D eigenvalue weighted by atomic mass is 16.5. The Kier molecular flexibility index (Phi) is 6.56. The molecule has 0 radical (unpaired) electrons. The molecular weight excluding hydrogens is 406 g/mol. The van der Waals surface area contributed by atoms with E-state index >= 15 is 0 Å². The van der Waals surface area contributed by atoms with Gasteiger partial charge in [0.1, 0.15) is 11.5 Å². The maximum atomic E-state index is 13.3. The molecule has 0 bridgehead atoms. The van der Waals surface area contributed by atoms with Gasteiger partial charge < -0.3 is 19.7 Å². The van der Waals surface area contributed by atoms with Crippen LogP contribution < -0.4 is 10.1 Å². The van der Waals surface area contributed by atoms with E-state index in [4.69, 9.17) is 9.47 Å². The van der Waals surface area contributed by atoms with Crippen LogP contribution in [0.15, 0.2) is 78.5 Å². The first kappa shape index (κ1) is 21.6. The summed E-state index contributed by atoms with van der Waals surface area (Å²) in [5.74, 6) is 1.29. The molecule has 0 fully saturated rings. The quantitative estimate of drug-likeness (QED) is 0.482. The van der Waals surface area contributed by atoms with Crippen molar-refractivity contribution in [3.8, 4) is 11.5 Å². The van der Waals surface area contributed by atoms with E-state index in [0.29, 0.717) is 37.6 Å². The molecule has 2 heterocycles. The van der Waals surface area contributed by atoms with Gasteiger partial charge in [-0.3, -0.25) is 9.69 Å². The molecule has 166 valence electrons. The molecule has 1 atom stereocenters. The third-order valence-electron chi connectivity index (χ3n) is 5.56. The molecule has 7 heteroatoms. The topological polar surface area (TPSA) is 71.1 Å². The Balaban J connectivity index is 1.64. The fourth-order valence-corrected chi connectivity index (χ4v) is 4.08. The van der Waals surface area contributed by atoms with Crippen LogP contribution in [0.2, 0.25) is 0 Å². The predicted octanol–water partition coefficient (Wildman–Crippen LogP) is 3.86. The Morgan fingerprint density at radius 2 is 1.91 bits per heavy atom. The summed E-state index contributed by atoms with van der Waals surface area (Å²) in [5.41, 5.74) is 2.13. The van der Waals surface area contributed by atoms with Gasteiger partial charge in [0.25, 0.3) is 5.91 Å². The Hall–Kier alpha value is -3.58. The maximum Gasteiger partial charge on any atom is 0.322 e. The van der Waals surface area contributed by atoms with Crippen molar-refractivity contribution in [1.82, 2.24) is 15.1 Å². The first-order chi connectivity index (χ1) is 15.6. The highest BCUT2D eigenvalue weighted by molar-refractivity contribution is 6.01. The second-order valence-electron chi connectivity index (χ2n) is 7.70. The average Bonchev–Trinajstić information content (AvgIpc) is 3.13. The van der Waals surface area contributed by atoms with Crippen LogP contribution in [0.3, 0.4) is 0 Å². The monoisotopic (exact) mass is 433 g/mol. The smallest absolute Gasteiger partial charge is 0.322 e. The van der Waals surface area contributed by atoms with Crippen LogP contribution in [0.5, 0.6) is 11.5 Å². The van der Waals surface area contributed by atoms with Gasteiger partial charge in [-0.15, -0.1) is 6.58 Å². The molecule has 3 amide bonds. The zero-order valence-corrected chi connectivity index (χ0v) is 18.1. The van der Waals surface area contributed by atoms with Crippen molar-refractivity contribution < 1.29 is 19.1 Å². The second kappa shape index (κ2) is 9.70. The molecule has 0 saturated heterocycles. The standard InChI is InChI=1S/C25H27N3O4/c1-3-13-28-21-17-27(14-8-15-31-2)24(29)22(21)23(26-25(28)30)18-9-7-12-20(16-18)32-19-10-5-4-6-11-19/h3-7,9-12,16,23H,1,8,13-15,17H2,2H3,(H,26,30). The summed E-state index contributed by atoms with van der Waals surface area (Å²) in [5, 5.41) is 3.00. The van der Waals surface area contributed by atoms with E-state index < -0.39 is 6.04 Å². The summed E-state index contributed by atoms with van der Waals surface area (Å²) in [7, 11) is 1.64. The summed E-state index contributed by atoms with van der Waals surface area (Å²) in [4.78, 5) is 29.6. The van der Waals surface area contributed by atoms with E-state index in [0.717, 1.165) is 23.4 Å².